The summed E-state index contributed by atoms with van der Waals surface area (Å²) in [5.74, 6) is -0.805. The van der Waals surface area contributed by atoms with Crippen molar-refractivity contribution in [1.82, 2.24) is 15.1 Å². The molecule has 2 aliphatic rings. The summed E-state index contributed by atoms with van der Waals surface area (Å²) in [6.07, 6.45) is 2.17. The molecule has 0 aromatic rings. The lowest BCUT2D eigenvalue weighted by Gasteiger charge is -2.36. The smallest absolute Gasteiger partial charge is 0.320 e. The molecule has 1 unspecified atom stereocenters. The van der Waals surface area contributed by atoms with E-state index >= 15 is 0 Å². The molecule has 17 heavy (non-hydrogen) atoms. The number of amides is 2. The first-order valence-electron chi connectivity index (χ1n) is 6.10. The molecule has 1 saturated heterocycles. The van der Waals surface area contributed by atoms with Crippen molar-refractivity contribution < 1.29 is 14.7 Å². The lowest BCUT2D eigenvalue weighted by Crippen LogP contribution is -2.55. The van der Waals surface area contributed by atoms with Gasteiger partial charge in [0.25, 0.3) is 0 Å². The number of hydrogen-bond donors (Lipinski definition) is 2. The van der Waals surface area contributed by atoms with E-state index in [9.17, 15) is 9.59 Å². The first-order valence-corrected chi connectivity index (χ1v) is 6.10. The third-order valence-electron chi connectivity index (χ3n) is 3.41. The predicted octanol–water partition coefficient (Wildman–Crippen LogP) is -0.0509. The molecule has 6 nitrogen and oxygen atoms in total. The van der Waals surface area contributed by atoms with Gasteiger partial charge in [-0.1, -0.05) is 0 Å². The second kappa shape index (κ2) is 4.91. The Bertz CT molecular complexity index is 309. The molecule has 2 N–H and O–H groups in total. The first kappa shape index (κ1) is 12.2. The van der Waals surface area contributed by atoms with Gasteiger partial charge in [-0.05, 0) is 19.8 Å². The van der Waals surface area contributed by atoms with Crippen LogP contribution < -0.4 is 5.32 Å². The largest absolute Gasteiger partial charge is 0.480 e. The normalized spacial score (nSPS) is 23.2. The molecule has 2 rings (SSSR count). The van der Waals surface area contributed by atoms with Gasteiger partial charge < -0.3 is 15.3 Å². The van der Waals surface area contributed by atoms with Crippen LogP contribution in [0.25, 0.3) is 0 Å². The number of carbonyl (C=O) groups excluding carboxylic acids is 1. The van der Waals surface area contributed by atoms with Crippen LogP contribution in [0.5, 0.6) is 0 Å². The minimum absolute atomic E-state index is 0.00451. The van der Waals surface area contributed by atoms with Gasteiger partial charge in [0, 0.05) is 32.2 Å². The van der Waals surface area contributed by atoms with Crippen molar-refractivity contribution in [2.45, 2.75) is 31.8 Å². The highest BCUT2D eigenvalue weighted by molar-refractivity contribution is 5.75. The van der Waals surface area contributed by atoms with Crippen LogP contribution >= 0.6 is 0 Å². The topological polar surface area (TPSA) is 72.9 Å². The Morgan fingerprint density at radius 2 is 1.82 bits per heavy atom. The Morgan fingerprint density at radius 3 is 2.29 bits per heavy atom. The minimum Gasteiger partial charge on any atom is -0.480 e. The average Bonchev–Trinajstić information content (AvgIpc) is 3.12. The predicted molar refractivity (Wildman–Crippen MR) is 61.8 cm³/mol. The summed E-state index contributed by atoms with van der Waals surface area (Å²) in [5, 5.41) is 11.8. The number of hydrogen-bond acceptors (Lipinski definition) is 3. The zero-order valence-electron chi connectivity index (χ0n) is 10.1. The fraction of sp³-hybridized carbons (Fsp3) is 0.818. The second-order valence-corrected chi connectivity index (χ2v) is 4.76. The number of nitrogens with one attached hydrogen (secondary N) is 1. The van der Waals surface area contributed by atoms with Crippen molar-refractivity contribution >= 4 is 12.0 Å². The Labute approximate surface area is 101 Å². The Balaban J connectivity index is 1.76. The molecule has 96 valence electrons. The van der Waals surface area contributed by atoms with Crippen LogP contribution in [0.15, 0.2) is 0 Å². The fourth-order valence-corrected chi connectivity index (χ4v) is 1.96. The number of urea groups is 1. The minimum atomic E-state index is -0.805. The molecule has 0 aromatic carbocycles. The van der Waals surface area contributed by atoms with E-state index in [-0.39, 0.29) is 6.03 Å². The van der Waals surface area contributed by atoms with Crippen LogP contribution in [0.1, 0.15) is 19.8 Å². The molecule has 0 spiro atoms. The molecule has 0 radical (unpaired) electrons. The molecule has 1 aliphatic heterocycles. The summed E-state index contributed by atoms with van der Waals surface area (Å²) < 4.78 is 0. The van der Waals surface area contributed by atoms with Gasteiger partial charge in [0.15, 0.2) is 0 Å². The molecular formula is C11H19N3O3. The molecule has 0 aromatic heterocycles. The van der Waals surface area contributed by atoms with Gasteiger partial charge in [0.05, 0.1) is 0 Å². The SMILES string of the molecule is CC(C(=O)O)N1CCN(C(=O)NC2CC2)CC1. The number of piperazine rings is 1. The zero-order chi connectivity index (χ0) is 12.4. The highest BCUT2D eigenvalue weighted by Crippen LogP contribution is 2.19. The van der Waals surface area contributed by atoms with E-state index in [0.717, 1.165) is 12.8 Å². The summed E-state index contributed by atoms with van der Waals surface area (Å²) in [7, 11) is 0. The van der Waals surface area contributed by atoms with Crippen molar-refractivity contribution in [3.63, 3.8) is 0 Å². The van der Waals surface area contributed by atoms with Gasteiger partial charge >= 0.3 is 12.0 Å². The van der Waals surface area contributed by atoms with E-state index in [1.165, 1.54) is 0 Å². The van der Waals surface area contributed by atoms with E-state index in [1.54, 1.807) is 11.8 Å². The van der Waals surface area contributed by atoms with Gasteiger partial charge in [-0.3, -0.25) is 9.69 Å². The van der Waals surface area contributed by atoms with Gasteiger partial charge in [-0.25, -0.2) is 4.79 Å². The lowest BCUT2D eigenvalue weighted by molar-refractivity contribution is -0.143. The third-order valence-corrected chi connectivity index (χ3v) is 3.41. The quantitative estimate of drug-likeness (QED) is 0.726. The highest BCUT2D eigenvalue weighted by Gasteiger charge is 2.30. The summed E-state index contributed by atoms with van der Waals surface area (Å²) >= 11 is 0. The van der Waals surface area contributed by atoms with Crippen molar-refractivity contribution in [2.75, 3.05) is 26.2 Å². The lowest BCUT2D eigenvalue weighted by atomic mass is 10.2. The Hall–Kier alpha value is -1.30. The summed E-state index contributed by atoms with van der Waals surface area (Å²) in [6, 6.07) is -0.0998. The number of nitrogens with zero attached hydrogens (tertiary/aromatic N) is 2. The van der Waals surface area contributed by atoms with Crippen LogP contribution in [0.2, 0.25) is 0 Å². The molecular weight excluding hydrogens is 222 g/mol. The molecule has 1 atom stereocenters. The Kier molecular flexibility index (Phi) is 3.51. The number of aliphatic carboxylic acids is 1. The van der Waals surface area contributed by atoms with Gasteiger partial charge in [0.2, 0.25) is 0 Å². The number of carboxylic acids is 1. The van der Waals surface area contributed by atoms with Crippen LogP contribution in [-0.4, -0.2) is 65.2 Å². The number of carbonyl (C=O) groups is 2. The average molecular weight is 241 g/mol. The second-order valence-electron chi connectivity index (χ2n) is 4.76. The van der Waals surface area contributed by atoms with Crippen molar-refractivity contribution in [2.24, 2.45) is 0 Å². The van der Waals surface area contributed by atoms with Crippen LogP contribution in [0.3, 0.4) is 0 Å². The fourth-order valence-electron chi connectivity index (χ4n) is 1.96. The Morgan fingerprint density at radius 1 is 1.24 bits per heavy atom. The maximum atomic E-state index is 11.7. The van der Waals surface area contributed by atoms with E-state index in [2.05, 4.69) is 5.32 Å². The molecule has 2 amide bonds. The van der Waals surface area contributed by atoms with Gasteiger partial charge in [-0.15, -0.1) is 0 Å². The van der Waals surface area contributed by atoms with E-state index in [4.69, 9.17) is 5.11 Å². The molecule has 0 bridgehead atoms. The molecule has 1 heterocycles. The summed E-state index contributed by atoms with van der Waals surface area (Å²) in [4.78, 5) is 26.2. The maximum absolute atomic E-state index is 11.7. The van der Waals surface area contributed by atoms with E-state index in [0.29, 0.717) is 32.2 Å². The third kappa shape index (κ3) is 3.09. The van der Waals surface area contributed by atoms with Gasteiger partial charge in [0.1, 0.15) is 6.04 Å². The van der Waals surface area contributed by atoms with E-state index < -0.39 is 12.0 Å². The molecule has 6 heteroatoms. The number of rotatable bonds is 3. The van der Waals surface area contributed by atoms with Crippen molar-refractivity contribution in [3.05, 3.63) is 0 Å². The molecule has 1 aliphatic carbocycles. The highest BCUT2D eigenvalue weighted by atomic mass is 16.4. The maximum Gasteiger partial charge on any atom is 0.320 e. The molecule has 2 fully saturated rings. The van der Waals surface area contributed by atoms with Crippen LogP contribution in [-0.2, 0) is 4.79 Å². The van der Waals surface area contributed by atoms with Crippen molar-refractivity contribution in [3.8, 4) is 0 Å². The number of carboxylic acid groups (broad SMARTS) is 1. The van der Waals surface area contributed by atoms with Crippen LogP contribution in [0, 0.1) is 0 Å². The first-order chi connectivity index (χ1) is 8.08. The van der Waals surface area contributed by atoms with E-state index in [1.807, 2.05) is 4.90 Å². The monoisotopic (exact) mass is 241 g/mol. The van der Waals surface area contributed by atoms with Crippen LogP contribution in [0.4, 0.5) is 4.79 Å². The zero-order valence-corrected chi connectivity index (χ0v) is 10.1. The summed E-state index contributed by atoms with van der Waals surface area (Å²) in [6.45, 7) is 4.16. The standard InChI is InChI=1S/C11H19N3O3/c1-8(10(15)16)13-4-6-14(7-5-13)11(17)12-9-2-3-9/h8-9H,2-7H2,1H3,(H,12,17)(H,15,16). The molecule has 1 saturated carbocycles. The summed E-state index contributed by atoms with van der Waals surface area (Å²) in [5.41, 5.74) is 0. The van der Waals surface area contributed by atoms with Gasteiger partial charge in [-0.2, -0.15) is 0 Å². The van der Waals surface area contributed by atoms with Crippen molar-refractivity contribution in [1.29, 1.82) is 0 Å².